The first-order chi connectivity index (χ1) is 13.7. The van der Waals surface area contributed by atoms with Gasteiger partial charge in [0, 0.05) is 18.8 Å². The summed E-state index contributed by atoms with van der Waals surface area (Å²) < 4.78 is 2.36. The van der Waals surface area contributed by atoms with Gasteiger partial charge in [-0.05, 0) is 47.2 Å². The molecule has 1 heterocycles. The molecule has 2 nitrogen and oxygen atoms in total. The van der Waals surface area contributed by atoms with Crippen LogP contribution in [0.5, 0.6) is 0 Å². The minimum atomic E-state index is 0.504. The molecule has 0 N–H and O–H groups in total. The van der Waals surface area contributed by atoms with Crippen molar-refractivity contribution in [3.8, 4) is 11.1 Å². The van der Waals surface area contributed by atoms with Crippen LogP contribution in [0.4, 0.5) is 0 Å². The molecule has 0 aliphatic carbocycles. The molecule has 4 aromatic rings. The third kappa shape index (κ3) is 3.57. The van der Waals surface area contributed by atoms with Crippen molar-refractivity contribution in [1.82, 2.24) is 9.55 Å². The van der Waals surface area contributed by atoms with Gasteiger partial charge in [-0.1, -0.05) is 67.6 Å². The number of aromatic nitrogens is 2. The van der Waals surface area contributed by atoms with Gasteiger partial charge < -0.3 is 4.57 Å². The summed E-state index contributed by atoms with van der Waals surface area (Å²) in [6.45, 7) is 5.15. The second-order valence-corrected chi connectivity index (χ2v) is 7.57. The quantitative estimate of drug-likeness (QED) is 0.334. The number of hydrogen-bond acceptors (Lipinski definition) is 1. The summed E-state index contributed by atoms with van der Waals surface area (Å²) in [6.07, 6.45) is 2.07. The molecule has 0 unspecified atom stereocenters. The molecule has 142 valence electrons. The van der Waals surface area contributed by atoms with Crippen molar-refractivity contribution in [2.75, 3.05) is 0 Å². The lowest BCUT2D eigenvalue weighted by Gasteiger charge is -2.13. The molecule has 0 amide bonds. The zero-order valence-electron chi connectivity index (χ0n) is 16.5. The van der Waals surface area contributed by atoms with E-state index in [2.05, 4.69) is 79.1 Å². The number of alkyl halides is 1. The van der Waals surface area contributed by atoms with Crippen molar-refractivity contribution in [1.29, 1.82) is 0 Å². The van der Waals surface area contributed by atoms with Crippen LogP contribution < -0.4 is 0 Å². The maximum atomic E-state index is 6.31. The molecule has 3 heteroatoms. The zero-order valence-corrected chi connectivity index (χ0v) is 17.2. The Balaban J connectivity index is 1.75. The molecule has 0 radical (unpaired) electrons. The molecule has 0 aliphatic heterocycles. The molecule has 4 rings (SSSR count). The molecule has 0 saturated carbocycles. The maximum absolute atomic E-state index is 6.31. The van der Waals surface area contributed by atoms with E-state index in [1.54, 1.807) is 0 Å². The number of imidazole rings is 1. The van der Waals surface area contributed by atoms with E-state index in [1.807, 2.05) is 6.07 Å². The Bertz CT molecular complexity index is 1100. The Morgan fingerprint density at radius 2 is 1.79 bits per heavy atom. The lowest BCUT2D eigenvalue weighted by atomic mass is 9.98. The van der Waals surface area contributed by atoms with E-state index < -0.39 is 0 Å². The van der Waals surface area contributed by atoms with Crippen LogP contribution in [0.15, 0.2) is 66.7 Å². The fourth-order valence-electron chi connectivity index (χ4n) is 3.86. The van der Waals surface area contributed by atoms with Crippen LogP contribution in [-0.2, 0) is 18.8 Å². The fourth-order valence-corrected chi connectivity index (χ4v) is 4.09. The van der Waals surface area contributed by atoms with Gasteiger partial charge in [0.15, 0.2) is 0 Å². The minimum absolute atomic E-state index is 0.504. The summed E-state index contributed by atoms with van der Waals surface area (Å²) in [5, 5.41) is 0. The smallest absolute Gasteiger partial charge is 0.110 e. The largest absolute Gasteiger partial charge is 0.323 e. The maximum Gasteiger partial charge on any atom is 0.110 e. The van der Waals surface area contributed by atoms with E-state index >= 15 is 0 Å². The van der Waals surface area contributed by atoms with E-state index in [9.17, 15) is 0 Å². The number of halogens is 1. The third-order valence-corrected chi connectivity index (χ3v) is 5.56. The molecule has 0 bridgehead atoms. The van der Waals surface area contributed by atoms with E-state index in [0.717, 1.165) is 30.7 Å². The number of aryl methyl sites for hydroxylation is 2. The van der Waals surface area contributed by atoms with Gasteiger partial charge in [-0.15, -0.1) is 11.6 Å². The second kappa shape index (κ2) is 8.20. The van der Waals surface area contributed by atoms with Crippen LogP contribution in [0.3, 0.4) is 0 Å². The van der Waals surface area contributed by atoms with Crippen molar-refractivity contribution in [2.45, 2.75) is 39.1 Å². The van der Waals surface area contributed by atoms with Gasteiger partial charge in [0.05, 0.1) is 11.0 Å². The van der Waals surface area contributed by atoms with Crippen LogP contribution in [0, 0.1) is 6.92 Å². The number of para-hydroxylation sites is 1. The molecular formula is C25H25ClN2. The summed E-state index contributed by atoms with van der Waals surface area (Å²) in [7, 11) is 0. The van der Waals surface area contributed by atoms with Crippen LogP contribution in [0.1, 0.15) is 35.9 Å². The Labute approximate surface area is 171 Å². The number of fused-ring (bicyclic) bond motifs is 1. The lowest BCUT2D eigenvalue weighted by Crippen LogP contribution is -2.05. The number of hydrogen-bond donors (Lipinski definition) is 0. The van der Waals surface area contributed by atoms with Crippen LogP contribution in [0.2, 0.25) is 0 Å². The van der Waals surface area contributed by atoms with Crippen molar-refractivity contribution in [3.63, 3.8) is 0 Å². The highest BCUT2D eigenvalue weighted by Gasteiger charge is 2.13. The number of nitrogens with zero attached hydrogens (tertiary/aromatic N) is 2. The average molecular weight is 389 g/mol. The van der Waals surface area contributed by atoms with Gasteiger partial charge in [-0.3, -0.25) is 0 Å². The first-order valence-corrected chi connectivity index (χ1v) is 10.4. The Morgan fingerprint density at radius 3 is 2.54 bits per heavy atom. The lowest BCUT2D eigenvalue weighted by molar-refractivity contribution is 0.721. The highest BCUT2D eigenvalue weighted by atomic mass is 35.5. The monoisotopic (exact) mass is 388 g/mol. The van der Waals surface area contributed by atoms with E-state index in [4.69, 9.17) is 16.6 Å². The molecule has 0 atom stereocenters. The summed E-state index contributed by atoms with van der Waals surface area (Å²) in [6, 6.07) is 23.5. The van der Waals surface area contributed by atoms with Gasteiger partial charge in [0.2, 0.25) is 0 Å². The van der Waals surface area contributed by atoms with Gasteiger partial charge >= 0.3 is 0 Å². The van der Waals surface area contributed by atoms with Crippen molar-refractivity contribution in [3.05, 3.63) is 89.2 Å². The van der Waals surface area contributed by atoms with E-state index in [-0.39, 0.29) is 0 Å². The van der Waals surface area contributed by atoms with Gasteiger partial charge in [0.1, 0.15) is 5.82 Å². The normalized spacial score (nSPS) is 11.2. The first-order valence-electron chi connectivity index (χ1n) is 9.89. The molecule has 1 aromatic heterocycles. The Kier molecular flexibility index (Phi) is 5.50. The summed E-state index contributed by atoms with van der Waals surface area (Å²) >= 11 is 6.31. The van der Waals surface area contributed by atoms with Crippen molar-refractivity contribution >= 4 is 22.6 Å². The fraction of sp³-hybridized carbons (Fsp3) is 0.240. The van der Waals surface area contributed by atoms with E-state index in [0.29, 0.717) is 5.88 Å². The van der Waals surface area contributed by atoms with E-state index in [1.165, 1.54) is 33.3 Å². The molecular weight excluding hydrogens is 364 g/mol. The molecule has 0 spiro atoms. The standard InChI is InChI=1S/C25H25ClN2/c1-3-8-24-27-25-18(2)9-7-12-23(25)28(24)17-19-13-14-22(21(15-19)16-26)20-10-5-4-6-11-20/h4-7,9-15H,3,8,16-17H2,1-2H3. The van der Waals surface area contributed by atoms with Crippen molar-refractivity contribution in [2.24, 2.45) is 0 Å². The van der Waals surface area contributed by atoms with Gasteiger partial charge in [-0.2, -0.15) is 0 Å². The number of rotatable bonds is 6. The topological polar surface area (TPSA) is 17.8 Å². The molecule has 28 heavy (non-hydrogen) atoms. The summed E-state index contributed by atoms with van der Waals surface area (Å²) in [5.41, 5.74) is 8.40. The molecule has 0 aliphatic rings. The highest BCUT2D eigenvalue weighted by molar-refractivity contribution is 6.17. The van der Waals surface area contributed by atoms with Gasteiger partial charge in [0.25, 0.3) is 0 Å². The van der Waals surface area contributed by atoms with Crippen molar-refractivity contribution < 1.29 is 0 Å². The minimum Gasteiger partial charge on any atom is -0.323 e. The highest BCUT2D eigenvalue weighted by Crippen LogP contribution is 2.28. The first kappa shape index (κ1) is 18.8. The SMILES string of the molecule is CCCc1nc2c(C)cccc2n1Cc1ccc(-c2ccccc2)c(CCl)c1. The molecule has 0 saturated heterocycles. The Hall–Kier alpha value is -2.58. The van der Waals surface area contributed by atoms with Gasteiger partial charge in [-0.25, -0.2) is 4.98 Å². The summed E-state index contributed by atoms with van der Waals surface area (Å²) in [5.74, 6) is 1.66. The number of benzene rings is 3. The third-order valence-electron chi connectivity index (χ3n) is 5.27. The predicted molar refractivity (Wildman–Crippen MR) is 119 cm³/mol. The molecule has 0 fully saturated rings. The zero-order chi connectivity index (χ0) is 19.5. The molecule has 3 aromatic carbocycles. The van der Waals surface area contributed by atoms with Crippen LogP contribution in [-0.4, -0.2) is 9.55 Å². The Morgan fingerprint density at radius 1 is 0.964 bits per heavy atom. The van der Waals surface area contributed by atoms with Crippen LogP contribution in [0.25, 0.3) is 22.2 Å². The predicted octanol–water partition coefficient (Wildman–Crippen LogP) is 6.75. The average Bonchev–Trinajstić information content (AvgIpc) is 3.07. The summed E-state index contributed by atoms with van der Waals surface area (Å²) in [4.78, 5) is 4.94. The second-order valence-electron chi connectivity index (χ2n) is 7.30. The van der Waals surface area contributed by atoms with Crippen LogP contribution >= 0.6 is 11.6 Å².